The van der Waals surface area contributed by atoms with Gasteiger partial charge in [-0.2, -0.15) is 0 Å². The molecule has 0 aliphatic rings. The van der Waals surface area contributed by atoms with Crippen LogP contribution in [0, 0.1) is 11.2 Å². The number of aliphatic hydroxyl groups excluding tert-OH is 1. The summed E-state index contributed by atoms with van der Waals surface area (Å²) in [6.45, 7) is 3.13. The summed E-state index contributed by atoms with van der Waals surface area (Å²) >= 11 is 0. The van der Waals surface area contributed by atoms with E-state index in [0.717, 1.165) is 12.1 Å². The van der Waals surface area contributed by atoms with E-state index in [0.29, 0.717) is 0 Å². The Morgan fingerprint density at radius 3 is 2.24 bits per heavy atom. The molecule has 0 atom stereocenters. The van der Waals surface area contributed by atoms with Crippen molar-refractivity contribution in [1.29, 1.82) is 0 Å². The van der Waals surface area contributed by atoms with Crippen molar-refractivity contribution in [2.24, 2.45) is 5.41 Å². The molecule has 0 aliphatic heterocycles. The zero-order chi connectivity index (χ0) is 16.3. The Kier molecular flexibility index (Phi) is 5.54. The van der Waals surface area contributed by atoms with Crippen LogP contribution in [0.15, 0.2) is 17.0 Å². The highest BCUT2D eigenvalue weighted by atomic mass is 32.2. The molecule has 0 radical (unpaired) electrons. The summed E-state index contributed by atoms with van der Waals surface area (Å²) in [5.41, 5.74) is -0.653. The molecule has 1 aromatic carbocycles. The SMILES string of the molecule is COc1cc(F)c(S(=O)(=O)NCC(C)(C)CO)cc1OC. The molecule has 120 valence electrons. The zero-order valence-corrected chi connectivity index (χ0v) is 13.3. The first kappa shape index (κ1) is 17.7. The van der Waals surface area contributed by atoms with Crippen LogP contribution in [0.5, 0.6) is 11.5 Å². The first-order valence-corrected chi connectivity index (χ1v) is 7.67. The maximum absolute atomic E-state index is 13.9. The zero-order valence-electron chi connectivity index (χ0n) is 12.4. The predicted octanol–water partition coefficient (Wildman–Crippen LogP) is 1.14. The molecule has 0 aromatic heterocycles. The minimum absolute atomic E-state index is 0.0282. The highest BCUT2D eigenvalue weighted by molar-refractivity contribution is 7.89. The monoisotopic (exact) mass is 321 g/mol. The topological polar surface area (TPSA) is 84.9 Å². The van der Waals surface area contributed by atoms with Crippen LogP contribution in [0.4, 0.5) is 4.39 Å². The summed E-state index contributed by atoms with van der Waals surface area (Å²) in [5, 5.41) is 9.12. The van der Waals surface area contributed by atoms with Gasteiger partial charge in [0.2, 0.25) is 10.0 Å². The van der Waals surface area contributed by atoms with Gasteiger partial charge in [-0.15, -0.1) is 0 Å². The van der Waals surface area contributed by atoms with Crippen LogP contribution in [-0.2, 0) is 10.0 Å². The van der Waals surface area contributed by atoms with Crippen molar-refractivity contribution in [2.45, 2.75) is 18.7 Å². The van der Waals surface area contributed by atoms with Crippen LogP contribution >= 0.6 is 0 Å². The molecule has 0 heterocycles. The minimum atomic E-state index is -4.06. The predicted molar refractivity (Wildman–Crippen MR) is 75.6 cm³/mol. The quantitative estimate of drug-likeness (QED) is 0.787. The fourth-order valence-electron chi connectivity index (χ4n) is 1.47. The van der Waals surface area contributed by atoms with E-state index in [4.69, 9.17) is 14.6 Å². The summed E-state index contributed by atoms with van der Waals surface area (Å²) < 4.78 is 50.4. The number of rotatable bonds is 7. The third-order valence-corrected chi connectivity index (χ3v) is 4.31. The number of sulfonamides is 1. The number of aliphatic hydroxyl groups is 1. The molecule has 0 spiro atoms. The van der Waals surface area contributed by atoms with Gasteiger partial charge in [-0.3, -0.25) is 0 Å². The van der Waals surface area contributed by atoms with E-state index in [9.17, 15) is 12.8 Å². The van der Waals surface area contributed by atoms with E-state index >= 15 is 0 Å². The fourth-order valence-corrected chi connectivity index (χ4v) is 2.78. The van der Waals surface area contributed by atoms with Crippen molar-refractivity contribution in [1.82, 2.24) is 4.72 Å². The van der Waals surface area contributed by atoms with Gasteiger partial charge in [0.1, 0.15) is 10.7 Å². The molecular formula is C13H20FNO5S. The van der Waals surface area contributed by atoms with Gasteiger partial charge >= 0.3 is 0 Å². The van der Waals surface area contributed by atoms with Crippen molar-refractivity contribution < 1.29 is 27.4 Å². The largest absolute Gasteiger partial charge is 0.493 e. The van der Waals surface area contributed by atoms with Crippen LogP contribution in [-0.4, -0.2) is 40.9 Å². The third kappa shape index (κ3) is 4.29. The fraction of sp³-hybridized carbons (Fsp3) is 0.538. The molecule has 6 nitrogen and oxygen atoms in total. The number of hydrogen-bond acceptors (Lipinski definition) is 5. The van der Waals surface area contributed by atoms with E-state index in [1.807, 2.05) is 0 Å². The van der Waals surface area contributed by atoms with Crippen LogP contribution in [0.3, 0.4) is 0 Å². The van der Waals surface area contributed by atoms with Gasteiger partial charge in [0.05, 0.1) is 14.2 Å². The minimum Gasteiger partial charge on any atom is -0.493 e. The normalized spacial score (nSPS) is 12.3. The van der Waals surface area contributed by atoms with Gasteiger partial charge in [-0.05, 0) is 0 Å². The molecule has 0 fully saturated rings. The third-order valence-electron chi connectivity index (χ3n) is 2.90. The highest BCUT2D eigenvalue weighted by Crippen LogP contribution is 2.31. The molecule has 1 aromatic rings. The number of benzene rings is 1. The molecule has 0 bridgehead atoms. The summed E-state index contributed by atoms with van der Waals surface area (Å²) in [6, 6.07) is 2.01. The van der Waals surface area contributed by atoms with Crippen LogP contribution < -0.4 is 14.2 Å². The van der Waals surface area contributed by atoms with Crippen LogP contribution in [0.1, 0.15) is 13.8 Å². The average molecular weight is 321 g/mol. The van der Waals surface area contributed by atoms with E-state index in [1.54, 1.807) is 13.8 Å². The van der Waals surface area contributed by atoms with E-state index in [-0.39, 0.29) is 24.7 Å². The number of nitrogens with one attached hydrogen (secondary N) is 1. The Morgan fingerprint density at radius 1 is 1.24 bits per heavy atom. The molecule has 0 saturated heterocycles. The van der Waals surface area contributed by atoms with Crippen molar-refractivity contribution in [2.75, 3.05) is 27.4 Å². The molecule has 0 aliphatic carbocycles. The molecule has 21 heavy (non-hydrogen) atoms. The van der Waals surface area contributed by atoms with Crippen LogP contribution in [0.25, 0.3) is 0 Å². The lowest BCUT2D eigenvalue weighted by Crippen LogP contribution is -2.36. The maximum Gasteiger partial charge on any atom is 0.243 e. The maximum atomic E-state index is 13.9. The van der Waals surface area contributed by atoms with Crippen molar-refractivity contribution >= 4 is 10.0 Å². The molecule has 0 unspecified atom stereocenters. The lowest BCUT2D eigenvalue weighted by atomic mass is 9.96. The van der Waals surface area contributed by atoms with Crippen molar-refractivity contribution in [3.63, 3.8) is 0 Å². The lowest BCUT2D eigenvalue weighted by Gasteiger charge is -2.22. The van der Waals surface area contributed by atoms with E-state index < -0.39 is 26.2 Å². The van der Waals surface area contributed by atoms with Gasteiger partial charge in [-0.1, -0.05) is 13.8 Å². The second kappa shape index (κ2) is 6.59. The van der Waals surface area contributed by atoms with E-state index in [1.165, 1.54) is 14.2 Å². The smallest absolute Gasteiger partial charge is 0.243 e. The lowest BCUT2D eigenvalue weighted by molar-refractivity contribution is 0.163. The molecular weight excluding hydrogens is 301 g/mol. The number of halogens is 1. The van der Waals surface area contributed by atoms with Gasteiger partial charge in [0.25, 0.3) is 0 Å². The number of methoxy groups -OCH3 is 2. The Morgan fingerprint density at radius 2 is 1.76 bits per heavy atom. The molecule has 8 heteroatoms. The first-order chi connectivity index (χ1) is 9.66. The summed E-state index contributed by atoms with van der Waals surface area (Å²) in [6.07, 6.45) is 0. The van der Waals surface area contributed by atoms with Gasteiger partial charge in [0, 0.05) is 30.7 Å². The second-order valence-corrected chi connectivity index (χ2v) is 7.02. The number of hydrogen-bond donors (Lipinski definition) is 2. The Labute approximate surface area is 123 Å². The van der Waals surface area contributed by atoms with Gasteiger partial charge < -0.3 is 14.6 Å². The Bertz CT molecular complexity index is 601. The molecule has 2 N–H and O–H groups in total. The second-order valence-electron chi connectivity index (χ2n) is 5.28. The number of ether oxygens (including phenoxy) is 2. The Balaban J connectivity index is 3.14. The highest BCUT2D eigenvalue weighted by Gasteiger charge is 2.25. The van der Waals surface area contributed by atoms with Crippen molar-refractivity contribution in [3.05, 3.63) is 17.9 Å². The molecule has 1 rings (SSSR count). The van der Waals surface area contributed by atoms with Gasteiger partial charge in [-0.25, -0.2) is 17.5 Å². The molecule has 0 saturated carbocycles. The average Bonchev–Trinajstić information content (AvgIpc) is 2.44. The van der Waals surface area contributed by atoms with Gasteiger partial charge in [0.15, 0.2) is 11.5 Å². The summed E-state index contributed by atoms with van der Waals surface area (Å²) in [7, 11) is -1.41. The Hall–Kier alpha value is -1.38. The molecule has 0 amide bonds. The van der Waals surface area contributed by atoms with Crippen molar-refractivity contribution in [3.8, 4) is 11.5 Å². The first-order valence-electron chi connectivity index (χ1n) is 6.19. The summed E-state index contributed by atoms with van der Waals surface area (Å²) in [5.74, 6) is -0.729. The standard InChI is InChI=1S/C13H20FNO5S/c1-13(2,8-16)7-15-21(17,18)12-6-11(20-4)10(19-3)5-9(12)14/h5-6,15-16H,7-8H2,1-4H3. The van der Waals surface area contributed by atoms with Crippen LogP contribution in [0.2, 0.25) is 0 Å². The van der Waals surface area contributed by atoms with E-state index in [2.05, 4.69) is 4.72 Å². The summed E-state index contributed by atoms with van der Waals surface area (Å²) in [4.78, 5) is -0.533.